The van der Waals surface area contributed by atoms with E-state index in [0.29, 0.717) is 6.04 Å². The highest BCUT2D eigenvalue weighted by molar-refractivity contribution is 5.85. The van der Waals surface area contributed by atoms with Crippen LogP contribution in [0.25, 0.3) is 11.1 Å². The second-order valence-electron chi connectivity index (χ2n) is 7.14. The maximum absolute atomic E-state index is 12.7. The minimum Gasteiger partial charge on any atom is -0.314 e. The maximum Gasteiger partial charge on any atom is 0.416 e. The van der Waals surface area contributed by atoms with Crippen molar-refractivity contribution in [1.82, 2.24) is 10.2 Å². The Kier molecular flexibility index (Phi) is 8.35. The zero-order chi connectivity index (χ0) is 19.3. The third-order valence-corrected chi connectivity index (χ3v) is 5.26. The van der Waals surface area contributed by atoms with Crippen LogP contribution in [0.15, 0.2) is 48.5 Å². The molecule has 0 aliphatic carbocycles. The molecule has 3 rings (SSSR count). The largest absolute Gasteiger partial charge is 0.416 e. The Hall–Kier alpha value is -1.56. The number of nitrogens with zero attached hydrogens (tertiary/aromatic N) is 1. The van der Waals surface area contributed by atoms with Crippen LogP contribution in [-0.2, 0) is 6.18 Å². The first-order valence-electron chi connectivity index (χ1n) is 9.71. The molecule has 2 aromatic carbocycles. The predicted molar refractivity (Wildman–Crippen MR) is 111 cm³/mol. The molecule has 1 aliphatic rings. The van der Waals surface area contributed by atoms with Gasteiger partial charge < -0.3 is 5.32 Å². The molecule has 154 valence electrons. The third-order valence-electron chi connectivity index (χ3n) is 5.26. The van der Waals surface area contributed by atoms with Gasteiger partial charge in [0.05, 0.1) is 5.56 Å². The van der Waals surface area contributed by atoms with Gasteiger partial charge in [0.2, 0.25) is 0 Å². The van der Waals surface area contributed by atoms with Crippen molar-refractivity contribution < 1.29 is 13.2 Å². The van der Waals surface area contributed by atoms with Gasteiger partial charge in [0.15, 0.2) is 0 Å². The quantitative estimate of drug-likeness (QED) is 0.632. The van der Waals surface area contributed by atoms with Crippen LogP contribution >= 0.6 is 12.4 Å². The molecule has 0 saturated carbocycles. The summed E-state index contributed by atoms with van der Waals surface area (Å²) in [5.74, 6) is 0. The monoisotopic (exact) mass is 412 g/mol. The van der Waals surface area contributed by atoms with Crippen LogP contribution < -0.4 is 5.32 Å². The number of hydrogen-bond acceptors (Lipinski definition) is 2. The number of benzene rings is 2. The number of hydrogen-bond donors (Lipinski definition) is 1. The van der Waals surface area contributed by atoms with Gasteiger partial charge in [-0.1, -0.05) is 56.2 Å². The van der Waals surface area contributed by atoms with Crippen LogP contribution in [0.5, 0.6) is 0 Å². The lowest BCUT2D eigenvalue weighted by molar-refractivity contribution is -0.137. The third kappa shape index (κ3) is 5.72. The molecule has 28 heavy (non-hydrogen) atoms. The molecule has 0 spiro atoms. The van der Waals surface area contributed by atoms with E-state index in [9.17, 15) is 13.2 Å². The summed E-state index contributed by atoms with van der Waals surface area (Å²) in [6.07, 6.45) is -0.796. The van der Waals surface area contributed by atoms with E-state index in [-0.39, 0.29) is 12.4 Å². The standard InChI is InChI=1S/C22H27F3N2.ClH/c1-2-3-4-21(27-15-13-26-14-16-27)19-7-5-17(6-8-19)18-9-11-20(12-10-18)22(23,24)25;/h5-12,21,26H,2-4,13-16H2,1H3;1H/t21-;/m1./s1. The molecule has 1 aliphatic heterocycles. The van der Waals surface area contributed by atoms with Crippen molar-refractivity contribution in [3.63, 3.8) is 0 Å². The number of halogens is 4. The van der Waals surface area contributed by atoms with Gasteiger partial charge in [0.25, 0.3) is 0 Å². The first-order valence-corrected chi connectivity index (χ1v) is 9.71. The smallest absolute Gasteiger partial charge is 0.314 e. The summed E-state index contributed by atoms with van der Waals surface area (Å²) in [7, 11) is 0. The fourth-order valence-electron chi connectivity index (χ4n) is 3.70. The van der Waals surface area contributed by atoms with Crippen molar-refractivity contribution >= 4 is 12.4 Å². The summed E-state index contributed by atoms with van der Waals surface area (Å²) in [6.45, 7) is 6.35. The van der Waals surface area contributed by atoms with Crippen LogP contribution in [-0.4, -0.2) is 31.1 Å². The molecule has 1 atom stereocenters. The minimum atomic E-state index is -4.29. The van der Waals surface area contributed by atoms with Gasteiger partial charge in [-0.2, -0.15) is 13.2 Å². The molecule has 6 heteroatoms. The van der Waals surface area contributed by atoms with Gasteiger partial charge >= 0.3 is 6.18 Å². The average Bonchev–Trinajstić information content (AvgIpc) is 2.69. The van der Waals surface area contributed by atoms with Crippen LogP contribution in [0.4, 0.5) is 13.2 Å². The van der Waals surface area contributed by atoms with E-state index in [1.54, 1.807) is 12.1 Å². The summed E-state index contributed by atoms with van der Waals surface area (Å²) < 4.78 is 38.2. The Morgan fingerprint density at radius 2 is 1.46 bits per heavy atom. The summed E-state index contributed by atoms with van der Waals surface area (Å²) >= 11 is 0. The zero-order valence-electron chi connectivity index (χ0n) is 16.1. The Labute approximate surface area is 171 Å². The molecule has 2 aromatic rings. The SMILES string of the molecule is CCCC[C@H](c1ccc(-c2ccc(C(F)(F)F)cc2)cc1)N1CCNCC1.Cl. The van der Waals surface area contributed by atoms with Crippen molar-refractivity contribution in [3.05, 3.63) is 59.7 Å². The van der Waals surface area contributed by atoms with Crippen LogP contribution in [0.1, 0.15) is 43.4 Å². The highest BCUT2D eigenvalue weighted by Crippen LogP contribution is 2.32. The molecule has 1 N–H and O–H groups in total. The highest BCUT2D eigenvalue weighted by atomic mass is 35.5. The summed E-state index contributed by atoms with van der Waals surface area (Å²) in [5.41, 5.74) is 2.44. The van der Waals surface area contributed by atoms with E-state index in [2.05, 4.69) is 29.3 Å². The molecule has 2 nitrogen and oxygen atoms in total. The van der Waals surface area contributed by atoms with Gasteiger partial charge in [0, 0.05) is 32.2 Å². The second-order valence-corrected chi connectivity index (χ2v) is 7.14. The van der Waals surface area contributed by atoms with E-state index in [1.807, 2.05) is 12.1 Å². The molecule has 0 amide bonds. The zero-order valence-corrected chi connectivity index (χ0v) is 17.0. The summed E-state index contributed by atoms with van der Waals surface area (Å²) in [5, 5.41) is 3.40. The van der Waals surface area contributed by atoms with E-state index < -0.39 is 11.7 Å². The lowest BCUT2D eigenvalue weighted by atomic mass is 9.96. The first-order chi connectivity index (χ1) is 13.0. The Morgan fingerprint density at radius 1 is 0.929 bits per heavy atom. The van der Waals surface area contributed by atoms with E-state index in [4.69, 9.17) is 0 Å². The molecule has 0 bridgehead atoms. The number of piperazine rings is 1. The lowest BCUT2D eigenvalue weighted by Gasteiger charge is -2.35. The first kappa shape index (κ1) is 22.7. The van der Waals surface area contributed by atoms with Crippen LogP contribution in [0.3, 0.4) is 0 Å². The average molecular weight is 413 g/mol. The fraction of sp³-hybridized carbons (Fsp3) is 0.455. The number of alkyl halides is 3. The molecular formula is C22H28ClF3N2. The number of unbranched alkanes of at least 4 members (excludes halogenated alkanes) is 1. The van der Waals surface area contributed by atoms with Crippen LogP contribution in [0.2, 0.25) is 0 Å². The Morgan fingerprint density at radius 3 is 1.96 bits per heavy atom. The minimum absolute atomic E-state index is 0. The topological polar surface area (TPSA) is 15.3 Å². The molecule has 0 radical (unpaired) electrons. The van der Waals surface area contributed by atoms with Gasteiger partial charge in [-0.25, -0.2) is 0 Å². The normalized spacial score (nSPS) is 16.4. The van der Waals surface area contributed by atoms with E-state index >= 15 is 0 Å². The molecule has 1 heterocycles. The summed E-state index contributed by atoms with van der Waals surface area (Å²) in [6, 6.07) is 14.1. The molecule has 1 saturated heterocycles. The Balaban J connectivity index is 0.00000280. The molecule has 0 aromatic heterocycles. The van der Waals surface area contributed by atoms with Crippen molar-refractivity contribution in [2.75, 3.05) is 26.2 Å². The second kappa shape index (κ2) is 10.3. The summed E-state index contributed by atoms with van der Waals surface area (Å²) in [4.78, 5) is 2.54. The lowest BCUT2D eigenvalue weighted by Crippen LogP contribution is -2.45. The number of rotatable bonds is 6. The molecular weight excluding hydrogens is 385 g/mol. The molecule has 1 fully saturated rings. The van der Waals surface area contributed by atoms with E-state index in [1.165, 1.54) is 18.4 Å². The van der Waals surface area contributed by atoms with Gasteiger partial charge in [-0.3, -0.25) is 4.90 Å². The van der Waals surface area contributed by atoms with Gasteiger partial charge in [-0.05, 0) is 35.2 Å². The van der Waals surface area contributed by atoms with Gasteiger partial charge in [0.1, 0.15) is 0 Å². The van der Waals surface area contributed by atoms with Crippen molar-refractivity contribution in [3.8, 4) is 11.1 Å². The highest BCUT2D eigenvalue weighted by Gasteiger charge is 2.30. The number of nitrogens with one attached hydrogen (secondary N) is 1. The van der Waals surface area contributed by atoms with Gasteiger partial charge in [-0.15, -0.1) is 12.4 Å². The maximum atomic E-state index is 12.7. The molecule has 0 unspecified atom stereocenters. The predicted octanol–water partition coefficient (Wildman–Crippen LogP) is 5.93. The van der Waals surface area contributed by atoms with Crippen molar-refractivity contribution in [2.24, 2.45) is 0 Å². The Bertz CT molecular complexity index is 708. The van der Waals surface area contributed by atoms with Crippen LogP contribution in [0, 0.1) is 0 Å². The van der Waals surface area contributed by atoms with Crippen molar-refractivity contribution in [1.29, 1.82) is 0 Å². The van der Waals surface area contributed by atoms with Crippen molar-refractivity contribution in [2.45, 2.75) is 38.4 Å². The fourth-order valence-corrected chi connectivity index (χ4v) is 3.70. The van der Waals surface area contributed by atoms with E-state index in [0.717, 1.165) is 55.9 Å².